The van der Waals surface area contributed by atoms with Crippen molar-refractivity contribution in [2.75, 3.05) is 24.7 Å². The van der Waals surface area contributed by atoms with E-state index in [1.54, 1.807) is 17.8 Å². The van der Waals surface area contributed by atoms with E-state index in [-0.39, 0.29) is 0 Å². The molecular weight excluding hydrogens is 370 g/mol. The topological polar surface area (TPSA) is 47.0 Å². The zero-order valence-electron chi connectivity index (χ0n) is 10.0. The third-order valence-electron chi connectivity index (χ3n) is 2.08. The molecule has 0 spiro atoms. The van der Waals surface area contributed by atoms with Crippen LogP contribution in [0.15, 0.2) is 27.0 Å². The summed E-state index contributed by atoms with van der Waals surface area (Å²) in [7, 11) is 1.83. The number of nitrogens with zero attached hydrogens (tertiary/aromatic N) is 2. The van der Waals surface area contributed by atoms with E-state index in [2.05, 4.69) is 31.4 Å². The van der Waals surface area contributed by atoms with E-state index in [1.807, 2.05) is 19.2 Å². The lowest BCUT2D eigenvalue weighted by molar-refractivity contribution is 0.342. The van der Waals surface area contributed by atoms with Gasteiger partial charge in [-0.1, -0.05) is 34.7 Å². The fraction of sp³-hybridized carbons (Fsp3) is 0.273. The first kappa shape index (κ1) is 14.9. The molecule has 1 aromatic carbocycles. The normalized spacial score (nSPS) is 10.5. The first-order valence-electron chi connectivity index (χ1n) is 5.41. The van der Waals surface area contributed by atoms with Gasteiger partial charge in [0, 0.05) is 17.8 Å². The van der Waals surface area contributed by atoms with E-state index in [0.717, 1.165) is 25.4 Å². The minimum atomic E-state index is 0.597. The summed E-state index contributed by atoms with van der Waals surface area (Å²) in [5, 5.41) is 12.5. The summed E-state index contributed by atoms with van der Waals surface area (Å²) < 4.78 is 7.45. The van der Waals surface area contributed by atoms with Gasteiger partial charge in [-0.2, -0.15) is 0 Å². The molecule has 0 aliphatic rings. The van der Waals surface area contributed by atoms with Crippen LogP contribution in [0.5, 0.6) is 5.75 Å². The second-order valence-electron chi connectivity index (χ2n) is 3.39. The van der Waals surface area contributed by atoms with Gasteiger partial charge in [-0.3, -0.25) is 0 Å². The molecule has 0 atom stereocenters. The van der Waals surface area contributed by atoms with Gasteiger partial charge in [0.15, 0.2) is 4.34 Å². The van der Waals surface area contributed by atoms with Crippen LogP contribution in [0.25, 0.3) is 0 Å². The third kappa shape index (κ3) is 4.52. The standard InChI is InChI=1S/C11H11BrClN3OS2/c1-14-10-15-16-11(19-10)18-5-4-17-9-3-2-7(13)6-8(9)12/h2-3,6H,4-5H2,1H3,(H,14,15). The van der Waals surface area contributed by atoms with Crippen molar-refractivity contribution in [2.45, 2.75) is 4.34 Å². The predicted octanol–water partition coefficient (Wildman–Crippen LogP) is 4.17. The Morgan fingerprint density at radius 1 is 1.47 bits per heavy atom. The Labute approximate surface area is 133 Å². The number of halogens is 2. The Balaban J connectivity index is 1.77. The fourth-order valence-electron chi connectivity index (χ4n) is 1.24. The van der Waals surface area contributed by atoms with Crippen LogP contribution in [0.3, 0.4) is 0 Å². The summed E-state index contributed by atoms with van der Waals surface area (Å²) in [6, 6.07) is 5.47. The molecule has 4 nitrogen and oxygen atoms in total. The van der Waals surface area contributed by atoms with Crippen molar-refractivity contribution >= 4 is 55.8 Å². The molecule has 1 aromatic heterocycles. The molecule has 102 valence electrons. The SMILES string of the molecule is CNc1nnc(SCCOc2ccc(Cl)cc2Br)s1. The number of ether oxygens (including phenoxy) is 1. The molecule has 0 amide bonds. The van der Waals surface area contributed by atoms with E-state index in [0.29, 0.717) is 11.6 Å². The van der Waals surface area contributed by atoms with Gasteiger partial charge in [0.2, 0.25) is 5.13 Å². The monoisotopic (exact) mass is 379 g/mol. The van der Waals surface area contributed by atoms with Gasteiger partial charge >= 0.3 is 0 Å². The predicted molar refractivity (Wildman–Crippen MR) is 84.8 cm³/mol. The minimum Gasteiger partial charge on any atom is -0.492 e. The van der Waals surface area contributed by atoms with E-state index in [4.69, 9.17) is 16.3 Å². The van der Waals surface area contributed by atoms with E-state index in [1.165, 1.54) is 11.3 Å². The molecule has 0 unspecified atom stereocenters. The number of anilines is 1. The molecule has 0 saturated heterocycles. The summed E-state index contributed by atoms with van der Waals surface area (Å²) in [6.45, 7) is 0.597. The maximum Gasteiger partial charge on any atom is 0.206 e. The smallest absolute Gasteiger partial charge is 0.206 e. The Bertz CT molecular complexity index is 552. The number of aromatic nitrogens is 2. The quantitative estimate of drug-likeness (QED) is 0.602. The molecule has 8 heteroatoms. The van der Waals surface area contributed by atoms with Crippen LogP contribution in [-0.4, -0.2) is 29.6 Å². The van der Waals surface area contributed by atoms with Gasteiger partial charge in [-0.25, -0.2) is 0 Å². The Hall–Kier alpha value is -0.500. The summed E-state index contributed by atoms with van der Waals surface area (Å²) in [4.78, 5) is 0. The van der Waals surface area contributed by atoms with Gasteiger partial charge < -0.3 is 10.1 Å². The molecule has 1 N–H and O–H groups in total. The first-order chi connectivity index (χ1) is 9.19. The maximum absolute atomic E-state index is 5.86. The number of hydrogen-bond acceptors (Lipinski definition) is 6. The molecule has 2 rings (SSSR count). The molecule has 0 fully saturated rings. The zero-order valence-corrected chi connectivity index (χ0v) is 14.0. The lowest BCUT2D eigenvalue weighted by atomic mass is 10.3. The maximum atomic E-state index is 5.86. The van der Waals surface area contributed by atoms with E-state index in [9.17, 15) is 0 Å². The highest BCUT2D eigenvalue weighted by Crippen LogP contribution is 2.29. The minimum absolute atomic E-state index is 0.597. The second-order valence-corrected chi connectivity index (χ2v) is 7.01. The van der Waals surface area contributed by atoms with Gasteiger partial charge in [0.05, 0.1) is 11.1 Å². The molecule has 0 bridgehead atoms. The highest BCUT2D eigenvalue weighted by Gasteiger charge is 2.04. The van der Waals surface area contributed by atoms with Crippen molar-refractivity contribution in [3.8, 4) is 5.75 Å². The van der Waals surface area contributed by atoms with Crippen LogP contribution < -0.4 is 10.1 Å². The summed E-state index contributed by atoms with van der Waals surface area (Å²) in [5.74, 6) is 1.60. The van der Waals surface area contributed by atoms with Crippen LogP contribution >= 0.6 is 50.6 Å². The average molecular weight is 381 g/mol. The molecule has 2 aromatic rings. The zero-order chi connectivity index (χ0) is 13.7. The van der Waals surface area contributed by atoms with Crippen molar-refractivity contribution in [1.29, 1.82) is 0 Å². The van der Waals surface area contributed by atoms with Crippen LogP contribution in [0.1, 0.15) is 0 Å². The number of thioether (sulfide) groups is 1. The van der Waals surface area contributed by atoms with Gasteiger partial charge in [-0.05, 0) is 34.1 Å². The molecule has 0 aliphatic heterocycles. The fourth-order valence-corrected chi connectivity index (χ4v) is 3.63. The lowest BCUT2D eigenvalue weighted by Crippen LogP contribution is -2.00. The van der Waals surface area contributed by atoms with Crippen molar-refractivity contribution < 1.29 is 4.74 Å². The summed E-state index contributed by atoms with van der Waals surface area (Å²) in [6.07, 6.45) is 0. The largest absolute Gasteiger partial charge is 0.492 e. The van der Waals surface area contributed by atoms with Crippen molar-refractivity contribution in [1.82, 2.24) is 10.2 Å². The van der Waals surface area contributed by atoms with Crippen LogP contribution in [0.4, 0.5) is 5.13 Å². The van der Waals surface area contributed by atoms with Crippen LogP contribution in [-0.2, 0) is 0 Å². The van der Waals surface area contributed by atoms with Gasteiger partial charge in [0.1, 0.15) is 5.75 Å². The third-order valence-corrected chi connectivity index (χ3v) is 4.97. The molecule has 1 heterocycles. The molecular formula is C11H11BrClN3OS2. The number of rotatable bonds is 6. The Morgan fingerprint density at radius 2 is 2.32 bits per heavy atom. The average Bonchev–Trinajstić information content (AvgIpc) is 2.84. The molecule has 0 saturated carbocycles. The second kappa shape index (κ2) is 7.33. The Morgan fingerprint density at radius 3 is 3.00 bits per heavy atom. The molecule has 0 aliphatic carbocycles. The van der Waals surface area contributed by atoms with Crippen LogP contribution in [0.2, 0.25) is 5.02 Å². The number of benzene rings is 1. The highest BCUT2D eigenvalue weighted by molar-refractivity contribution is 9.10. The summed E-state index contributed by atoms with van der Waals surface area (Å²) >= 11 is 12.4. The van der Waals surface area contributed by atoms with Crippen molar-refractivity contribution in [3.63, 3.8) is 0 Å². The van der Waals surface area contributed by atoms with E-state index >= 15 is 0 Å². The van der Waals surface area contributed by atoms with E-state index < -0.39 is 0 Å². The first-order valence-corrected chi connectivity index (χ1v) is 8.38. The van der Waals surface area contributed by atoms with Crippen molar-refractivity contribution in [2.24, 2.45) is 0 Å². The lowest BCUT2D eigenvalue weighted by Gasteiger charge is -2.07. The van der Waals surface area contributed by atoms with Crippen LogP contribution in [0, 0.1) is 0 Å². The molecule has 19 heavy (non-hydrogen) atoms. The van der Waals surface area contributed by atoms with Crippen molar-refractivity contribution in [3.05, 3.63) is 27.7 Å². The van der Waals surface area contributed by atoms with Gasteiger partial charge in [-0.15, -0.1) is 10.2 Å². The number of nitrogens with one attached hydrogen (secondary N) is 1. The molecule has 0 radical (unpaired) electrons. The summed E-state index contributed by atoms with van der Waals surface area (Å²) in [5.41, 5.74) is 0. The Kier molecular flexibility index (Phi) is 5.75. The highest BCUT2D eigenvalue weighted by atomic mass is 79.9. The number of hydrogen-bond donors (Lipinski definition) is 1. The van der Waals surface area contributed by atoms with Gasteiger partial charge in [0.25, 0.3) is 0 Å².